The average molecular weight is 491 g/mol. The molecule has 176 valence electrons. The molecular formula is C30H23ClN4O. The van der Waals surface area contributed by atoms with Crippen molar-refractivity contribution in [2.24, 2.45) is 0 Å². The number of ether oxygens (including phenoxy) is 1. The van der Waals surface area contributed by atoms with Crippen LogP contribution in [0.3, 0.4) is 0 Å². The largest absolute Gasteiger partial charge is 0.370 e. The number of pyridine rings is 1. The van der Waals surface area contributed by atoms with Gasteiger partial charge in [-0.05, 0) is 48.2 Å². The van der Waals surface area contributed by atoms with Crippen molar-refractivity contribution in [1.29, 1.82) is 0 Å². The highest BCUT2D eigenvalue weighted by Crippen LogP contribution is 2.31. The minimum absolute atomic E-state index is 0.352. The first kappa shape index (κ1) is 22.4. The molecule has 0 saturated carbocycles. The zero-order chi connectivity index (χ0) is 24.5. The van der Waals surface area contributed by atoms with Crippen molar-refractivity contribution in [3.63, 3.8) is 0 Å². The van der Waals surface area contributed by atoms with Gasteiger partial charge in [-0.2, -0.15) is 0 Å². The van der Waals surface area contributed by atoms with Crippen molar-refractivity contribution in [1.82, 2.24) is 20.0 Å². The monoisotopic (exact) mass is 490 g/mol. The van der Waals surface area contributed by atoms with Crippen LogP contribution in [0.1, 0.15) is 16.8 Å². The van der Waals surface area contributed by atoms with Gasteiger partial charge in [-0.15, -0.1) is 5.10 Å². The first-order valence-corrected chi connectivity index (χ1v) is 12.2. The van der Waals surface area contributed by atoms with Gasteiger partial charge in [0, 0.05) is 21.4 Å². The molecule has 0 N–H and O–H groups in total. The molecule has 6 aromatic rings. The molecule has 0 atom stereocenters. The van der Waals surface area contributed by atoms with Crippen LogP contribution in [-0.2, 0) is 18.0 Å². The highest BCUT2D eigenvalue weighted by Gasteiger charge is 2.12. The van der Waals surface area contributed by atoms with E-state index in [-0.39, 0.29) is 0 Å². The first-order valence-electron chi connectivity index (χ1n) is 11.8. The van der Waals surface area contributed by atoms with Gasteiger partial charge in [-0.1, -0.05) is 83.0 Å². The molecule has 0 spiro atoms. The number of aromatic nitrogens is 4. The average Bonchev–Trinajstić information content (AvgIpc) is 3.38. The van der Waals surface area contributed by atoms with Gasteiger partial charge in [0.25, 0.3) is 0 Å². The number of hydrogen-bond acceptors (Lipinski definition) is 4. The molecule has 0 saturated heterocycles. The summed E-state index contributed by atoms with van der Waals surface area (Å²) in [5, 5.41) is 12.6. The van der Waals surface area contributed by atoms with E-state index in [1.807, 2.05) is 30.5 Å². The van der Waals surface area contributed by atoms with Crippen LogP contribution >= 0.6 is 11.6 Å². The third-order valence-corrected chi connectivity index (χ3v) is 6.53. The SMILES string of the molecule is Cc1ccc(-c2cc(COCc3cn(-c4ccc(Cl)cc4)nn3)c3ccc4ccccc4c3n2)cc1. The van der Waals surface area contributed by atoms with Crippen LogP contribution in [-0.4, -0.2) is 20.0 Å². The van der Waals surface area contributed by atoms with Crippen molar-refractivity contribution >= 4 is 33.3 Å². The Morgan fingerprint density at radius 3 is 2.47 bits per heavy atom. The Kier molecular flexibility index (Phi) is 5.93. The predicted molar refractivity (Wildman–Crippen MR) is 144 cm³/mol. The van der Waals surface area contributed by atoms with Crippen LogP contribution in [0.5, 0.6) is 0 Å². The molecule has 36 heavy (non-hydrogen) atoms. The minimum Gasteiger partial charge on any atom is -0.370 e. The number of fused-ring (bicyclic) bond motifs is 3. The molecular weight excluding hydrogens is 468 g/mol. The Morgan fingerprint density at radius 1 is 0.833 bits per heavy atom. The maximum atomic E-state index is 6.14. The Bertz CT molecular complexity index is 1670. The van der Waals surface area contributed by atoms with Crippen molar-refractivity contribution in [2.75, 3.05) is 0 Å². The summed E-state index contributed by atoms with van der Waals surface area (Å²) in [5.41, 5.74) is 6.97. The summed E-state index contributed by atoms with van der Waals surface area (Å²) in [6.07, 6.45) is 1.87. The van der Waals surface area contributed by atoms with E-state index in [4.69, 9.17) is 21.3 Å². The number of hydrogen-bond donors (Lipinski definition) is 0. The van der Waals surface area contributed by atoms with Gasteiger partial charge in [-0.25, -0.2) is 9.67 Å². The van der Waals surface area contributed by atoms with E-state index in [1.165, 1.54) is 10.9 Å². The summed E-state index contributed by atoms with van der Waals surface area (Å²) in [7, 11) is 0. The summed E-state index contributed by atoms with van der Waals surface area (Å²) in [6.45, 7) is 2.88. The summed E-state index contributed by atoms with van der Waals surface area (Å²) >= 11 is 5.99. The van der Waals surface area contributed by atoms with Gasteiger partial charge in [0.05, 0.1) is 36.3 Å². The molecule has 0 bridgehead atoms. The van der Waals surface area contributed by atoms with Gasteiger partial charge < -0.3 is 4.74 Å². The zero-order valence-electron chi connectivity index (χ0n) is 19.7. The van der Waals surface area contributed by atoms with E-state index < -0.39 is 0 Å². The Hall–Kier alpha value is -4.06. The second-order valence-electron chi connectivity index (χ2n) is 8.84. The molecule has 2 aromatic heterocycles. The fourth-order valence-corrected chi connectivity index (χ4v) is 4.50. The lowest BCUT2D eigenvalue weighted by atomic mass is 10.00. The van der Waals surface area contributed by atoms with Crippen LogP contribution in [0, 0.1) is 6.92 Å². The zero-order valence-corrected chi connectivity index (χ0v) is 20.5. The van der Waals surface area contributed by atoms with Crippen LogP contribution in [0.4, 0.5) is 0 Å². The molecule has 0 unspecified atom stereocenters. The smallest absolute Gasteiger partial charge is 0.109 e. The summed E-state index contributed by atoms with van der Waals surface area (Å²) in [6, 6.07) is 30.7. The van der Waals surface area contributed by atoms with Crippen molar-refractivity contribution in [2.45, 2.75) is 20.1 Å². The fraction of sp³-hybridized carbons (Fsp3) is 0.100. The van der Waals surface area contributed by atoms with E-state index in [0.717, 1.165) is 44.5 Å². The molecule has 2 heterocycles. The van der Waals surface area contributed by atoms with Gasteiger partial charge in [0.1, 0.15) is 5.69 Å². The van der Waals surface area contributed by atoms with E-state index in [9.17, 15) is 0 Å². The molecule has 0 aliphatic carbocycles. The molecule has 0 radical (unpaired) electrons. The number of nitrogens with zero attached hydrogens (tertiary/aromatic N) is 4. The fourth-order valence-electron chi connectivity index (χ4n) is 4.37. The Labute approximate surface area is 213 Å². The summed E-state index contributed by atoms with van der Waals surface area (Å²) in [5.74, 6) is 0. The molecule has 0 aliphatic rings. The van der Waals surface area contributed by atoms with Gasteiger partial charge >= 0.3 is 0 Å². The lowest BCUT2D eigenvalue weighted by molar-refractivity contribution is 0.105. The molecule has 4 aromatic carbocycles. The molecule has 6 heteroatoms. The van der Waals surface area contributed by atoms with Crippen LogP contribution < -0.4 is 0 Å². The minimum atomic E-state index is 0.352. The maximum absolute atomic E-state index is 6.14. The second-order valence-corrected chi connectivity index (χ2v) is 9.28. The summed E-state index contributed by atoms with van der Waals surface area (Å²) < 4.78 is 7.86. The molecule has 0 aliphatic heterocycles. The van der Waals surface area contributed by atoms with Crippen molar-refractivity contribution in [3.8, 4) is 16.9 Å². The Balaban J connectivity index is 1.31. The maximum Gasteiger partial charge on any atom is 0.109 e. The van der Waals surface area contributed by atoms with E-state index in [1.54, 1.807) is 4.68 Å². The standard InChI is InChI=1S/C30H23ClN4O/c1-20-6-8-22(9-7-20)29-16-23(28-15-10-21-4-2-3-5-27(21)30(28)32-29)18-36-19-25-17-35(34-33-25)26-13-11-24(31)12-14-26/h2-17H,18-19H2,1H3. The highest BCUT2D eigenvalue weighted by molar-refractivity contribution is 6.30. The number of rotatable bonds is 6. The highest BCUT2D eigenvalue weighted by atomic mass is 35.5. The van der Waals surface area contributed by atoms with Crippen LogP contribution in [0.15, 0.2) is 97.2 Å². The number of aryl methyl sites for hydroxylation is 1. The lowest BCUT2D eigenvalue weighted by Crippen LogP contribution is -1.98. The Morgan fingerprint density at radius 2 is 1.64 bits per heavy atom. The van der Waals surface area contributed by atoms with E-state index in [0.29, 0.717) is 18.2 Å². The number of benzene rings is 4. The topological polar surface area (TPSA) is 52.8 Å². The quantitative estimate of drug-likeness (QED) is 0.229. The molecule has 5 nitrogen and oxygen atoms in total. The summed E-state index contributed by atoms with van der Waals surface area (Å²) in [4.78, 5) is 5.08. The van der Waals surface area contributed by atoms with Gasteiger partial charge in [-0.3, -0.25) is 0 Å². The first-order chi connectivity index (χ1) is 17.6. The van der Waals surface area contributed by atoms with Gasteiger partial charge in [0.2, 0.25) is 0 Å². The third kappa shape index (κ3) is 4.47. The molecule has 0 fully saturated rings. The molecule has 0 amide bonds. The molecule has 6 rings (SSSR count). The normalized spacial score (nSPS) is 11.4. The van der Waals surface area contributed by atoms with Crippen LogP contribution in [0.25, 0.3) is 38.6 Å². The van der Waals surface area contributed by atoms with Crippen molar-refractivity contribution < 1.29 is 4.74 Å². The lowest BCUT2D eigenvalue weighted by Gasteiger charge is -2.12. The van der Waals surface area contributed by atoms with Gasteiger partial charge in [0.15, 0.2) is 0 Å². The van der Waals surface area contributed by atoms with E-state index >= 15 is 0 Å². The van der Waals surface area contributed by atoms with Crippen LogP contribution in [0.2, 0.25) is 5.02 Å². The number of halogens is 1. The van der Waals surface area contributed by atoms with E-state index in [2.05, 4.69) is 84.0 Å². The second kappa shape index (κ2) is 9.53. The van der Waals surface area contributed by atoms with Crippen molar-refractivity contribution in [3.05, 3.63) is 119 Å². The third-order valence-electron chi connectivity index (χ3n) is 6.28. The predicted octanol–water partition coefficient (Wildman–Crippen LogP) is 7.31.